The van der Waals surface area contributed by atoms with Crippen molar-refractivity contribution < 1.29 is 0 Å². The summed E-state index contributed by atoms with van der Waals surface area (Å²) in [5.41, 5.74) is 1.02. The molecule has 2 unspecified atom stereocenters. The number of piperidine rings is 1. The molecule has 100 valence electrons. The number of aromatic nitrogens is 2. The summed E-state index contributed by atoms with van der Waals surface area (Å²) in [6.45, 7) is 2.57. The third-order valence-corrected chi connectivity index (χ3v) is 4.60. The van der Waals surface area contributed by atoms with Gasteiger partial charge < -0.3 is 10.2 Å². The van der Waals surface area contributed by atoms with Gasteiger partial charge in [-0.25, -0.2) is 4.98 Å². The molecule has 2 aliphatic rings. The van der Waals surface area contributed by atoms with E-state index in [9.17, 15) is 0 Å². The standard InChI is InChI=1S/C15H20N4/c1-4-14-16-7-10-19(14)15(5-1)17-12-6-9-18-8-2-3-13(18)11-12/h1,4-5,7,10,12-13,17H,2-3,6,8-9,11H2. The van der Waals surface area contributed by atoms with Crippen LogP contribution in [0.1, 0.15) is 25.7 Å². The van der Waals surface area contributed by atoms with Gasteiger partial charge in [-0.2, -0.15) is 0 Å². The van der Waals surface area contributed by atoms with Gasteiger partial charge in [0.2, 0.25) is 0 Å². The second-order valence-corrected chi connectivity index (χ2v) is 5.76. The molecule has 0 radical (unpaired) electrons. The topological polar surface area (TPSA) is 32.6 Å². The fraction of sp³-hybridized carbons (Fsp3) is 0.533. The molecule has 4 nitrogen and oxygen atoms in total. The summed E-state index contributed by atoms with van der Waals surface area (Å²) in [5, 5.41) is 3.72. The highest BCUT2D eigenvalue weighted by molar-refractivity contribution is 5.50. The summed E-state index contributed by atoms with van der Waals surface area (Å²) in [5.74, 6) is 1.17. The molecule has 4 rings (SSSR count). The Kier molecular flexibility index (Phi) is 2.69. The highest BCUT2D eigenvalue weighted by Crippen LogP contribution is 2.28. The first kappa shape index (κ1) is 11.3. The van der Waals surface area contributed by atoms with Crippen LogP contribution in [-0.2, 0) is 0 Å². The third kappa shape index (κ3) is 2.00. The molecule has 4 heteroatoms. The molecule has 0 bridgehead atoms. The van der Waals surface area contributed by atoms with Crippen molar-refractivity contribution in [1.82, 2.24) is 14.3 Å². The first-order chi connectivity index (χ1) is 9.40. The summed E-state index contributed by atoms with van der Waals surface area (Å²) in [6.07, 6.45) is 9.19. The Morgan fingerprint density at radius 1 is 1.21 bits per heavy atom. The molecule has 2 aromatic rings. The zero-order valence-electron chi connectivity index (χ0n) is 11.1. The molecule has 1 N–H and O–H groups in total. The van der Waals surface area contributed by atoms with Crippen molar-refractivity contribution in [3.8, 4) is 0 Å². The second-order valence-electron chi connectivity index (χ2n) is 5.76. The van der Waals surface area contributed by atoms with Crippen molar-refractivity contribution in [2.45, 2.75) is 37.8 Å². The Balaban J connectivity index is 1.53. The molecule has 0 aliphatic carbocycles. The van der Waals surface area contributed by atoms with E-state index in [0.29, 0.717) is 6.04 Å². The van der Waals surface area contributed by atoms with Gasteiger partial charge in [-0.05, 0) is 44.4 Å². The third-order valence-electron chi connectivity index (χ3n) is 4.60. The second kappa shape index (κ2) is 4.53. The molecule has 2 aliphatic heterocycles. The SMILES string of the molecule is c1cc(NC2CCN3CCCC3C2)n2ccnc2c1. The fourth-order valence-corrected chi connectivity index (χ4v) is 3.63. The summed E-state index contributed by atoms with van der Waals surface area (Å²) < 4.78 is 2.14. The van der Waals surface area contributed by atoms with E-state index in [1.54, 1.807) is 0 Å². The van der Waals surface area contributed by atoms with E-state index in [1.165, 1.54) is 44.6 Å². The number of rotatable bonds is 2. The van der Waals surface area contributed by atoms with Crippen molar-refractivity contribution in [1.29, 1.82) is 0 Å². The Bertz CT molecular complexity index is 576. The fourth-order valence-electron chi connectivity index (χ4n) is 3.63. The lowest BCUT2D eigenvalue weighted by molar-refractivity contribution is 0.188. The van der Waals surface area contributed by atoms with Crippen LogP contribution >= 0.6 is 0 Å². The van der Waals surface area contributed by atoms with E-state index in [2.05, 4.69) is 31.7 Å². The molecule has 0 spiro atoms. The lowest BCUT2D eigenvalue weighted by Gasteiger charge is -2.35. The molecule has 2 atom stereocenters. The van der Waals surface area contributed by atoms with Gasteiger partial charge in [0.05, 0.1) is 0 Å². The van der Waals surface area contributed by atoms with E-state index in [1.807, 2.05) is 18.5 Å². The maximum absolute atomic E-state index is 4.34. The number of hydrogen-bond acceptors (Lipinski definition) is 3. The number of anilines is 1. The molecule has 2 saturated heterocycles. The highest BCUT2D eigenvalue weighted by atomic mass is 15.2. The van der Waals surface area contributed by atoms with Crippen LogP contribution in [0.4, 0.5) is 5.82 Å². The summed E-state index contributed by atoms with van der Waals surface area (Å²) in [6, 6.07) is 7.69. The Hall–Kier alpha value is -1.55. The highest BCUT2D eigenvalue weighted by Gasteiger charge is 2.31. The lowest BCUT2D eigenvalue weighted by atomic mass is 9.97. The molecule has 2 fully saturated rings. The number of nitrogens with one attached hydrogen (secondary N) is 1. The predicted octanol–water partition coefficient (Wildman–Crippen LogP) is 2.37. The predicted molar refractivity (Wildman–Crippen MR) is 76.4 cm³/mol. The molecule has 0 saturated carbocycles. The van der Waals surface area contributed by atoms with Gasteiger partial charge in [-0.3, -0.25) is 4.40 Å². The van der Waals surface area contributed by atoms with Crippen LogP contribution < -0.4 is 5.32 Å². The average molecular weight is 256 g/mol. The van der Waals surface area contributed by atoms with Gasteiger partial charge in [0.1, 0.15) is 11.5 Å². The number of imidazole rings is 1. The minimum Gasteiger partial charge on any atom is -0.368 e. The van der Waals surface area contributed by atoms with E-state index >= 15 is 0 Å². The molecule has 2 aromatic heterocycles. The van der Waals surface area contributed by atoms with E-state index in [0.717, 1.165) is 11.7 Å². The lowest BCUT2D eigenvalue weighted by Crippen LogP contribution is -2.42. The van der Waals surface area contributed by atoms with Crippen molar-refractivity contribution in [3.63, 3.8) is 0 Å². The van der Waals surface area contributed by atoms with Gasteiger partial charge in [-0.1, -0.05) is 6.07 Å². The van der Waals surface area contributed by atoms with Crippen LogP contribution in [0.3, 0.4) is 0 Å². The van der Waals surface area contributed by atoms with Crippen LogP contribution in [0, 0.1) is 0 Å². The van der Waals surface area contributed by atoms with Crippen LogP contribution in [0.15, 0.2) is 30.6 Å². The van der Waals surface area contributed by atoms with Gasteiger partial charge in [0, 0.05) is 31.0 Å². The van der Waals surface area contributed by atoms with E-state index < -0.39 is 0 Å². The molecular formula is C15H20N4. The Morgan fingerprint density at radius 2 is 2.21 bits per heavy atom. The molecule has 0 aromatic carbocycles. The van der Waals surface area contributed by atoms with Crippen molar-refractivity contribution >= 4 is 11.5 Å². The molecule has 19 heavy (non-hydrogen) atoms. The monoisotopic (exact) mass is 256 g/mol. The summed E-state index contributed by atoms with van der Waals surface area (Å²) >= 11 is 0. The number of pyridine rings is 1. The molecule has 0 amide bonds. The van der Waals surface area contributed by atoms with Crippen molar-refractivity contribution in [3.05, 3.63) is 30.6 Å². The largest absolute Gasteiger partial charge is 0.368 e. The zero-order valence-corrected chi connectivity index (χ0v) is 11.1. The first-order valence-corrected chi connectivity index (χ1v) is 7.33. The number of hydrogen-bond donors (Lipinski definition) is 1. The number of nitrogens with zero attached hydrogens (tertiary/aromatic N) is 3. The molecule has 4 heterocycles. The van der Waals surface area contributed by atoms with Gasteiger partial charge in [0.15, 0.2) is 0 Å². The smallest absolute Gasteiger partial charge is 0.138 e. The van der Waals surface area contributed by atoms with Crippen LogP contribution in [0.25, 0.3) is 5.65 Å². The van der Waals surface area contributed by atoms with Gasteiger partial charge in [0.25, 0.3) is 0 Å². The minimum absolute atomic E-state index is 0.604. The van der Waals surface area contributed by atoms with Crippen LogP contribution in [-0.4, -0.2) is 39.5 Å². The van der Waals surface area contributed by atoms with Crippen molar-refractivity contribution in [2.24, 2.45) is 0 Å². The van der Waals surface area contributed by atoms with Crippen molar-refractivity contribution in [2.75, 3.05) is 18.4 Å². The zero-order chi connectivity index (χ0) is 12.7. The average Bonchev–Trinajstić information content (AvgIpc) is 3.06. The summed E-state index contributed by atoms with van der Waals surface area (Å²) in [4.78, 5) is 7.00. The maximum Gasteiger partial charge on any atom is 0.138 e. The summed E-state index contributed by atoms with van der Waals surface area (Å²) in [7, 11) is 0. The quantitative estimate of drug-likeness (QED) is 0.895. The van der Waals surface area contributed by atoms with E-state index in [-0.39, 0.29) is 0 Å². The Morgan fingerprint density at radius 3 is 3.21 bits per heavy atom. The molecular weight excluding hydrogens is 236 g/mol. The van der Waals surface area contributed by atoms with Gasteiger partial charge in [-0.15, -0.1) is 0 Å². The number of fused-ring (bicyclic) bond motifs is 2. The first-order valence-electron chi connectivity index (χ1n) is 7.33. The normalized spacial score (nSPS) is 27.6. The van der Waals surface area contributed by atoms with Crippen LogP contribution in [0.5, 0.6) is 0 Å². The van der Waals surface area contributed by atoms with Gasteiger partial charge >= 0.3 is 0 Å². The van der Waals surface area contributed by atoms with Crippen LogP contribution in [0.2, 0.25) is 0 Å². The Labute approximate surface area is 113 Å². The minimum atomic E-state index is 0.604. The maximum atomic E-state index is 4.34. The van der Waals surface area contributed by atoms with E-state index in [4.69, 9.17) is 0 Å².